The fraction of sp³-hybridized carbons (Fsp3) is 0.167. The van der Waals surface area contributed by atoms with Gasteiger partial charge in [0.1, 0.15) is 17.3 Å². The molecule has 5 rings (SSSR count). The fourth-order valence-electron chi connectivity index (χ4n) is 4.16. The van der Waals surface area contributed by atoms with E-state index in [0.717, 1.165) is 41.0 Å². The SMILES string of the molecule is COc1ccc(-c2nc3cnccn3c2Nc2ccc3c(c2)CC/C3=N\O)cc1NC(C)=O. The first-order chi connectivity index (χ1) is 16.1. The van der Waals surface area contributed by atoms with Gasteiger partial charge in [0.2, 0.25) is 5.91 Å². The number of nitrogens with zero attached hydrogens (tertiary/aromatic N) is 4. The average molecular weight is 442 g/mol. The summed E-state index contributed by atoms with van der Waals surface area (Å²) in [5, 5.41) is 18.9. The van der Waals surface area contributed by atoms with Gasteiger partial charge < -0.3 is 20.6 Å². The number of hydrogen-bond donors (Lipinski definition) is 3. The molecule has 0 bridgehead atoms. The third kappa shape index (κ3) is 3.73. The van der Waals surface area contributed by atoms with E-state index in [9.17, 15) is 10.0 Å². The van der Waals surface area contributed by atoms with Crippen LogP contribution in [0.25, 0.3) is 16.9 Å². The summed E-state index contributed by atoms with van der Waals surface area (Å²) in [7, 11) is 1.56. The number of rotatable bonds is 5. The minimum atomic E-state index is -0.188. The Hall–Kier alpha value is -4.40. The number of fused-ring (bicyclic) bond motifs is 2. The molecule has 9 heteroatoms. The number of methoxy groups -OCH3 is 1. The highest BCUT2D eigenvalue weighted by Gasteiger charge is 2.20. The van der Waals surface area contributed by atoms with Gasteiger partial charge in [-0.1, -0.05) is 11.2 Å². The van der Waals surface area contributed by atoms with Crippen LogP contribution in [0.2, 0.25) is 0 Å². The van der Waals surface area contributed by atoms with Gasteiger partial charge in [-0.25, -0.2) is 4.98 Å². The molecule has 2 aromatic carbocycles. The number of carbonyl (C=O) groups is 1. The molecule has 9 nitrogen and oxygen atoms in total. The first-order valence-corrected chi connectivity index (χ1v) is 10.5. The first kappa shape index (κ1) is 20.5. The number of imidazole rings is 1. The summed E-state index contributed by atoms with van der Waals surface area (Å²) in [5.41, 5.74) is 6.46. The minimum absolute atomic E-state index is 0.188. The van der Waals surface area contributed by atoms with Crippen LogP contribution in [0.5, 0.6) is 5.75 Å². The molecule has 0 fully saturated rings. The predicted molar refractivity (Wildman–Crippen MR) is 126 cm³/mol. The van der Waals surface area contributed by atoms with Gasteiger partial charge in [-0.3, -0.25) is 14.2 Å². The van der Waals surface area contributed by atoms with Crippen LogP contribution < -0.4 is 15.4 Å². The minimum Gasteiger partial charge on any atom is -0.495 e. The number of nitrogens with one attached hydrogen (secondary N) is 2. The van der Waals surface area contributed by atoms with Crippen molar-refractivity contribution in [2.75, 3.05) is 17.7 Å². The molecule has 1 aliphatic rings. The van der Waals surface area contributed by atoms with Crippen molar-refractivity contribution in [1.29, 1.82) is 0 Å². The second-order valence-corrected chi connectivity index (χ2v) is 7.75. The first-order valence-electron chi connectivity index (χ1n) is 10.5. The van der Waals surface area contributed by atoms with Gasteiger partial charge in [0.05, 0.1) is 24.7 Å². The van der Waals surface area contributed by atoms with Crippen molar-refractivity contribution in [2.24, 2.45) is 5.16 Å². The Bertz CT molecular complexity index is 1410. The molecule has 0 spiro atoms. The number of ether oxygens (including phenoxy) is 1. The second-order valence-electron chi connectivity index (χ2n) is 7.75. The largest absolute Gasteiger partial charge is 0.495 e. The number of oxime groups is 1. The lowest BCUT2D eigenvalue weighted by atomic mass is 10.1. The van der Waals surface area contributed by atoms with Crippen LogP contribution in [-0.2, 0) is 11.2 Å². The standard InChI is InChI=1S/C24H22N6O3/c1-14(31)26-20-12-16(4-8-21(20)33-2)23-24(30-10-9-25-13-22(30)28-23)27-17-5-6-18-15(11-17)3-7-19(18)29-32/h4-6,8-13,27,32H,3,7H2,1-2H3,(H,26,31)/b29-19+. The van der Waals surface area contributed by atoms with Crippen molar-refractivity contribution in [3.05, 3.63) is 66.1 Å². The van der Waals surface area contributed by atoms with Crippen LogP contribution in [0.15, 0.2) is 60.1 Å². The number of aromatic nitrogens is 3. The maximum atomic E-state index is 11.7. The number of benzene rings is 2. The predicted octanol–water partition coefficient (Wildman–Crippen LogP) is 4.23. The Kier molecular flexibility index (Phi) is 5.14. The normalized spacial score (nSPS) is 13.8. The molecule has 0 aliphatic heterocycles. The van der Waals surface area contributed by atoms with Crippen LogP contribution in [0.1, 0.15) is 24.5 Å². The Morgan fingerprint density at radius 1 is 1.21 bits per heavy atom. The second kappa shape index (κ2) is 8.27. The molecule has 33 heavy (non-hydrogen) atoms. The van der Waals surface area contributed by atoms with Gasteiger partial charge in [0.25, 0.3) is 0 Å². The highest BCUT2D eigenvalue weighted by atomic mass is 16.5. The maximum absolute atomic E-state index is 11.7. The van der Waals surface area contributed by atoms with E-state index in [2.05, 4.69) is 26.8 Å². The van der Waals surface area contributed by atoms with E-state index in [-0.39, 0.29) is 5.91 Å². The zero-order valence-electron chi connectivity index (χ0n) is 18.2. The Balaban J connectivity index is 1.60. The maximum Gasteiger partial charge on any atom is 0.221 e. The van der Waals surface area contributed by atoms with Crippen molar-refractivity contribution in [3.8, 4) is 17.0 Å². The molecule has 166 valence electrons. The Morgan fingerprint density at radius 3 is 2.88 bits per heavy atom. The van der Waals surface area contributed by atoms with Crippen molar-refractivity contribution in [1.82, 2.24) is 14.4 Å². The van der Waals surface area contributed by atoms with Crippen LogP contribution in [-0.4, -0.2) is 38.3 Å². The molecule has 0 radical (unpaired) electrons. The van der Waals surface area contributed by atoms with Crippen LogP contribution in [0.4, 0.5) is 17.2 Å². The lowest BCUT2D eigenvalue weighted by molar-refractivity contribution is -0.114. The molecular weight excluding hydrogens is 420 g/mol. The number of anilines is 3. The molecule has 0 saturated carbocycles. The third-order valence-electron chi connectivity index (χ3n) is 5.64. The lowest BCUT2D eigenvalue weighted by Crippen LogP contribution is -2.07. The van der Waals surface area contributed by atoms with Gasteiger partial charge in [-0.05, 0) is 48.7 Å². The summed E-state index contributed by atoms with van der Waals surface area (Å²) < 4.78 is 7.32. The number of amides is 1. The molecule has 1 aliphatic carbocycles. The molecule has 4 aromatic rings. The molecule has 0 atom stereocenters. The van der Waals surface area contributed by atoms with Crippen molar-refractivity contribution in [3.63, 3.8) is 0 Å². The quantitative estimate of drug-likeness (QED) is 0.315. The van der Waals surface area contributed by atoms with Gasteiger partial charge in [-0.15, -0.1) is 0 Å². The van der Waals surface area contributed by atoms with E-state index in [1.165, 1.54) is 6.92 Å². The summed E-state index contributed by atoms with van der Waals surface area (Å²) >= 11 is 0. The molecule has 2 aromatic heterocycles. The zero-order valence-corrected chi connectivity index (χ0v) is 18.2. The zero-order chi connectivity index (χ0) is 22.9. The highest BCUT2D eigenvalue weighted by molar-refractivity contribution is 6.04. The van der Waals surface area contributed by atoms with E-state index in [0.29, 0.717) is 28.5 Å². The van der Waals surface area contributed by atoms with E-state index in [1.807, 2.05) is 34.9 Å². The van der Waals surface area contributed by atoms with E-state index in [1.54, 1.807) is 25.6 Å². The number of carbonyl (C=O) groups excluding carboxylic acids is 1. The smallest absolute Gasteiger partial charge is 0.221 e. The Morgan fingerprint density at radius 2 is 2.09 bits per heavy atom. The van der Waals surface area contributed by atoms with E-state index in [4.69, 9.17) is 9.72 Å². The summed E-state index contributed by atoms with van der Waals surface area (Å²) in [4.78, 5) is 20.7. The number of aryl methyl sites for hydroxylation is 1. The van der Waals surface area contributed by atoms with Crippen LogP contribution >= 0.6 is 0 Å². The van der Waals surface area contributed by atoms with Crippen molar-refractivity contribution < 1.29 is 14.7 Å². The van der Waals surface area contributed by atoms with Crippen molar-refractivity contribution >= 4 is 34.5 Å². The molecule has 0 saturated heterocycles. The highest BCUT2D eigenvalue weighted by Crippen LogP contribution is 2.36. The topological polar surface area (TPSA) is 113 Å². The molecule has 2 heterocycles. The van der Waals surface area contributed by atoms with Gasteiger partial charge in [-0.2, -0.15) is 0 Å². The number of hydrogen-bond acceptors (Lipinski definition) is 7. The fourth-order valence-corrected chi connectivity index (χ4v) is 4.16. The van der Waals surface area contributed by atoms with E-state index >= 15 is 0 Å². The summed E-state index contributed by atoms with van der Waals surface area (Å²) in [6.45, 7) is 1.45. The molecule has 1 amide bonds. The van der Waals surface area contributed by atoms with Crippen LogP contribution in [0, 0.1) is 0 Å². The molecular formula is C24H22N6O3. The van der Waals surface area contributed by atoms with Crippen molar-refractivity contribution in [2.45, 2.75) is 19.8 Å². The van der Waals surface area contributed by atoms with Gasteiger partial charge >= 0.3 is 0 Å². The summed E-state index contributed by atoms with van der Waals surface area (Å²) in [6.07, 6.45) is 6.79. The van der Waals surface area contributed by atoms with Gasteiger partial charge in [0, 0.05) is 36.1 Å². The summed E-state index contributed by atoms with van der Waals surface area (Å²) in [5.74, 6) is 1.14. The monoisotopic (exact) mass is 442 g/mol. The third-order valence-corrected chi connectivity index (χ3v) is 5.64. The van der Waals surface area contributed by atoms with E-state index < -0.39 is 0 Å². The average Bonchev–Trinajstić information content (AvgIpc) is 3.40. The molecule has 3 N–H and O–H groups in total. The Labute approximate surface area is 189 Å². The van der Waals surface area contributed by atoms with Crippen LogP contribution in [0.3, 0.4) is 0 Å². The summed E-state index contributed by atoms with van der Waals surface area (Å²) in [6, 6.07) is 11.5. The molecule has 0 unspecified atom stereocenters. The van der Waals surface area contributed by atoms with Gasteiger partial charge in [0.15, 0.2) is 5.65 Å². The lowest BCUT2D eigenvalue weighted by Gasteiger charge is -2.13.